The summed E-state index contributed by atoms with van der Waals surface area (Å²) < 4.78 is 91.0. The predicted octanol–water partition coefficient (Wildman–Crippen LogP) is 4.84. The van der Waals surface area contributed by atoms with Crippen molar-refractivity contribution in [2.75, 3.05) is 17.7 Å². The van der Waals surface area contributed by atoms with Crippen LogP contribution in [0, 0.1) is 11.6 Å². The fourth-order valence-electron chi connectivity index (χ4n) is 5.78. The first-order valence-electron chi connectivity index (χ1n) is 15.1. The molecule has 3 heterocycles. The van der Waals surface area contributed by atoms with E-state index in [1.165, 1.54) is 25.3 Å². The van der Waals surface area contributed by atoms with Crippen molar-refractivity contribution in [3.63, 3.8) is 0 Å². The molecule has 0 unspecified atom stereocenters. The van der Waals surface area contributed by atoms with Crippen molar-refractivity contribution in [2.45, 2.75) is 32.0 Å². The monoisotopic (exact) mass is 745 g/mol. The molecule has 0 radical (unpaired) electrons. The normalized spacial score (nSPS) is 12.6. The van der Waals surface area contributed by atoms with Gasteiger partial charge in [0.25, 0.3) is 12.0 Å². The third kappa shape index (κ3) is 7.17. The van der Waals surface area contributed by atoms with Gasteiger partial charge in [0, 0.05) is 12.1 Å². The number of sulfonamides is 1. The van der Waals surface area contributed by atoms with Gasteiger partial charge in [-0.1, -0.05) is 23.7 Å². The molecule has 0 saturated heterocycles. The Bertz CT molecular complexity index is 2500. The Labute approximate surface area is 291 Å². The molecule has 51 heavy (non-hydrogen) atoms. The number of nitrogens with two attached hydrogens (primary N) is 1. The van der Waals surface area contributed by atoms with Crippen LogP contribution in [-0.4, -0.2) is 52.5 Å². The summed E-state index contributed by atoms with van der Waals surface area (Å²) in [5, 5.41) is 4.05. The molecule has 12 nitrogen and oxygen atoms in total. The fraction of sp³-hybridized carbons (Fsp3) is 0.212. The standard InChI is InChI=1S/C33H28ClF4N7O5S/c1-50-21-5-3-17(4-6-21)15-44(51(2,48)49)32-28-23(34)8-9-25(29(28)43(42-32)16-26(37)38)45-31(24(39)13-18-11-19(35)14-20(36)12-18)41-30-22(33(45)47)7-10-27(46)40-30/h3-12,14,24,26H,13,15-16,39H2,1-2H3,(H,40,46)/t24-/m0/s1. The first kappa shape index (κ1) is 35.6. The summed E-state index contributed by atoms with van der Waals surface area (Å²) >= 11 is 6.68. The number of H-pyrrole nitrogens is 1. The molecular weight excluding hydrogens is 718 g/mol. The fourth-order valence-corrected chi connectivity index (χ4v) is 6.84. The molecule has 3 N–H and O–H groups in total. The Morgan fingerprint density at radius 1 is 1.00 bits per heavy atom. The maximum atomic E-state index is 14.3. The molecule has 0 saturated carbocycles. The van der Waals surface area contributed by atoms with Gasteiger partial charge in [-0.25, -0.2) is 35.3 Å². The number of aromatic amines is 1. The van der Waals surface area contributed by atoms with Crippen molar-refractivity contribution in [2.24, 2.45) is 5.73 Å². The van der Waals surface area contributed by atoms with E-state index in [0.29, 0.717) is 17.4 Å². The van der Waals surface area contributed by atoms with Crippen LogP contribution in [0.3, 0.4) is 0 Å². The second kappa shape index (κ2) is 13.8. The van der Waals surface area contributed by atoms with E-state index < -0.39 is 51.8 Å². The molecular formula is C33H28ClF4N7O5S. The summed E-state index contributed by atoms with van der Waals surface area (Å²) in [6.07, 6.45) is -2.34. The van der Waals surface area contributed by atoms with E-state index in [1.54, 1.807) is 24.3 Å². The zero-order chi connectivity index (χ0) is 36.8. The number of hydrogen-bond acceptors (Lipinski definition) is 8. The van der Waals surface area contributed by atoms with Crippen molar-refractivity contribution in [3.8, 4) is 11.4 Å². The number of pyridine rings is 1. The van der Waals surface area contributed by atoms with Crippen LogP contribution in [0.1, 0.15) is 23.0 Å². The molecule has 0 spiro atoms. The summed E-state index contributed by atoms with van der Waals surface area (Å²) in [6, 6.07) is 12.9. The Kier molecular flexibility index (Phi) is 9.63. The highest BCUT2D eigenvalue weighted by Gasteiger charge is 2.30. The smallest absolute Gasteiger partial charge is 0.267 e. The second-order valence-corrected chi connectivity index (χ2v) is 13.9. The summed E-state index contributed by atoms with van der Waals surface area (Å²) in [5.74, 6) is -1.77. The number of fused-ring (bicyclic) bond motifs is 2. The molecule has 6 rings (SSSR count). The van der Waals surface area contributed by atoms with E-state index in [2.05, 4.69) is 15.1 Å². The minimum Gasteiger partial charge on any atom is -0.497 e. The van der Waals surface area contributed by atoms with Gasteiger partial charge >= 0.3 is 0 Å². The Morgan fingerprint density at radius 2 is 1.69 bits per heavy atom. The number of nitrogens with one attached hydrogen (secondary N) is 1. The van der Waals surface area contributed by atoms with Gasteiger partial charge in [0.2, 0.25) is 15.6 Å². The number of nitrogens with zero attached hydrogens (tertiary/aromatic N) is 5. The van der Waals surface area contributed by atoms with Gasteiger partial charge in [-0.05, 0) is 60.0 Å². The molecule has 6 aromatic rings. The molecule has 3 aromatic heterocycles. The summed E-state index contributed by atoms with van der Waals surface area (Å²) in [6.45, 7) is -1.33. The van der Waals surface area contributed by atoms with Gasteiger partial charge in [-0.15, -0.1) is 0 Å². The number of benzene rings is 3. The van der Waals surface area contributed by atoms with Gasteiger partial charge < -0.3 is 15.5 Å². The molecule has 18 heteroatoms. The number of hydrogen-bond donors (Lipinski definition) is 2. The predicted molar refractivity (Wildman–Crippen MR) is 183 cm³/mol. The van der Waals surface area contributed by atoms with E-state index in [-0.39, 0.29) is 62.8 Å². The van der Waals surface area contributed by atoms with Crippen molar-refractivity contribution in [1.82, 2.24) is 24.3 Å². The van der Waals surface area contributed by atoms with Crippen molar-refractivity contribution >= 4 is 49.4 Å². The Morgan fingerprint density at radius 3 is 2.31 bits per heavy atom. The molecule has 1 atom stereocenters. The summed E-state index contributed by atoms with van der Waals surface area (Å²) in [5.41, 5.74) is 5.31. The SMILES string of the molecule is COc1ccc(CN(c2nn(CC(F)F)c3c(-n4c([C@@H](N)Cc5cc(F)cc(F)c5)nc5[nH]c(=O)ccc5c4=O)ccc(Cl)c23)S(C)(=O)=O)cc1. The van der Waals surface area contributed by atoms with Crippen molar-refractivity contribution in [3.05, 3.63) is 121 Å². The van der Waals surface area contributed by atoms with Gasteiger partial charge in [-0.3, -0.25) is 18.8 Å². The lowest BCUT2D eigenvalue weighted by atomic mass is 10.0. The number of halogens is 5. The molecule has 0 bridgehead atoms. The van der Waals surface area contributed by atoms with Crippen LogP contribution in [0.4, 0.5) is 23.4 Å². The van der Waals surface area contributed by atoms with Crippen LogP contribution in [0.15, 0.2) is 76.3 Å². The number of ether oxygens (including phenoxy) is 1. The zero-order valence-electron chi connectivity index (χ0n) is 26.8. The highest BCUT2D eigenvalue weighted by atomic mass is 35.5. The molecule has 0 fully saturated rings. The largest absolute Gasteiger partial charge is 0.497 e. The summed E-state index contributed by atoms with van der Waals surface area (Å²) in [7, 11) is -2.69. The van der Waals surface area contributed by atoms with Gasteiger partial charge in [0.05, 0.1) is 53.0 Å². The minimum absolute atomic E-state index is 0.0835. The van der Waals surface area contributed by atoms with Crippen molar-refractivity contribution < 1.29 is 30.7 Å². The Balaban J connectivity index is 1.64. The lowest BCUT2D eigenvalue weighted by molar-refractivity contribution is 0.123. The first-order chi connectivity index (χ1) is 24.1. The molecule has 0 aliphatic carbocycles. The van der Waals surface area contributed by atoms with Crippen LogP contribution in [0.25, 0.3) is 27.6 Å². The maximum Gasteiger partial charge on any atom is 0.267 e. The van der Waals surface area contributed by atoms with Crippen LogP contribution < -0.4 is 25.9 Å². The number of methoxy groups -OCH3 is 1. The number of rotatable bonds is 11. The number of aromatic nitrogens is 5. The molecule has 266 valence electrons. The lowest BCUT2D eigenvalue weighted by Crippen LogP contribution is -2.31. The molecule has 0 amide bonds. The van der Waals surface area contributed by atoms with Crippen LogP contribution in [-0.2, 0) is 29.5 Å². The van der Waals surface area contributed by atoms with E-state index in [1.807, 2.05) is 0 Å². The van der Waals surface area contributed by atoms with Crippen LogP contribution in [0.5, 0.6) is 5.75 Å². The number of anilines is 1. The average molecular weight is 746 g/mol. The van der Waals surface area contributed by atoms with Gasteiger partial charge in [-0.2, -0.15) is 5.10 Å². The number of alkyl halides is 2. The topological polar surface area (TPSA) is 158 Å². The van der Waals surface area contributed by atoms with Crippen LogP contribution >= 0.6 is 11.6 Å². The van der Waals surface area contributed by atoms with E-state index in [9.17, 15) is 35.6 Å². The van der Waals surface area contributed by atoms with Crippen molar-refractivity contribution in [1.29, 1.82) is 0 Å². The van der Waals surface area contributed by atoms with Gasteiger partial charge in [0.15, 0.2) is 5.82 Å². The van der Waals surface area contributed by atoms with E-state index in [4.69, 9.17) is 22.1 Å². The van der Waals surface area contributed by atoms with E-state index in [0.717, 1.165) is 38.0 Å². The summed E-state index contributed by atoms with van der Waals surface area (Å²) in [4.78, 5) is 33.4. The first-order valence-corrected chi connectivity index (χ1v) is 17.3. The van der Waals surface area contributed by atoms with E-state index >= 15 is 0 Å². The third-order valence-corrected chi connectivity index (χ3v) is 9.39. The maximum absolute atomic E-state index is 14.3. The van der Waals surface area contributed by atoms with Gasteiger partial charge in [0.1, 0.15) is 35.4 Å². The zero-order valence-corrected chi connectivity index (χ0v) is 28.4. The highest BCUT2D eigenvalue weighted by Crippen LogP contribution is 2.38. The molecule has 3 aromatic carbocycles. The molecule has 0 aliphatic rings. The lowest BCUT2D eigenvalue weighted by Gasteiger charge is -2.21. The highest BCUT2D eigenvalue weighted by molar-refractivity contribution is 7.92. The Hall–Kier alpha value is -5.26. The van der Waals surface area contributed by atoms with Crippen LogP contribution in [0.2, 0.25) is 5.02 Å². The molecule has 0 aliphatic heterocycles. The quantitative estimate of drug-likeness (QED) is 0.179. The third-order valence-electron chi connectivity index (χ3n) is 7.97. The minimum atomic E-state index is -4.15. The second-order valence-electron chi connectivity index (χ2n) is 11.6. The average Bonchev–Trinajstić information content (AvgIpc) is 3.41.